The zero-order valence-corrected chi connectivity index (χ0v) is 10.7. The highest BCUT2D eigenvalue weighted by molar-refractivity contribution is 7.15. The molecule has 0 spiro atoms. The number of imidazole rings is 1. The van der Waals surface area contributed by atoms with Crippen molar-refractivity contribution in [3.05, 3.63) is 46.7 Å². The van der Waals surface area contributed by atoms with Gasteiger partial charge in [0.2, 0.25) is 0 Å². The van der Waals surface area contributed by atoms with Gasteiger partial charge in [-0.15, -0.1) is 11.3 Å². The van der Waals surface area contributed by atoms with Crippen molar-refractivity contribution in [2.24, 2.45) is 4.99 Å². The molecular weight excluding hydrogens is 270 g/mol. The average molecular weight is 278 g/mol. The Labute approximate surface area is 112 Å². The van der Waals surface area contributed by atoms with E-state index in [0.29, 0.717) is 16.5 Å². The fraction of sp³-hybridized carbons (Fsp3) is 0. The summed E-state index contributed by atoms with van der Waals surface area (Å²) in [5.41, 5.74) is 1.20. The number of halogens is 1. The number of fused-ring (bicyclic) bond motifs is 1. The second-order valence-corrected chi connectivity index (χ2v) is 4.82. The summed E-state index contributed by atoms with van der Waals surface area (Å²) in [6.07, 6.45) is 3.48. The van der Waals surface area contributed by atoms with E-state index in [4.69, 9.17) is 11.6 Å². The lowest BCUT2D eigenvalue weighted by Gasteiger charge is -1.96. The Kier molecular flexibility index (Phi) is 2.77. The second-order valence-electron chi connectivity index (χ2n) is 3.59. The largest absolute Gasteiger partial charge is 0.506 e. The summed E-state index contributed by atoms with van der Waals surface area (Å²) in [6.45, 7) is 0. The van der Waals surface area contributed by atoms with Gasteiger partial charge in [-0.05, 0) is 12.1 Å². The van der Waals surface area contributed by atoms with Crippen LogP contribution >= 0.6 is 22.9 Å². The number of phenols is 1. The van der Waals surface area contributed by atoms with Crippen molar-refractivity contribution >= 4 is 39.8 Å². The summed E-state index contributed by atoms with van der Waals surface area (Å²) < 4.78 is 1.86. The molecule has 0 atom stereocenters. The Hall–Kier alpha value is -1.85. The van der Waals surface area contributed by atoms with Gasteiger partial charge in [-0.2, -0.15) is 0 Å². The van der Waals surface area contributed by atoms with Crippen LogP contribution in [0.25, 0.3) is 4.96 Å². The van der Waals surface area contributed by atoms with Crippen LogP contribution in [-0.4, -0.2) is 20.7 Å². The molecule has 0 saturated carbocycles. The molecule has 0 unspecified atom stereocenters. The van der Waals surface area contributed by atoms with Crippen LogP contribution in [0.4, 0.5) is 5.69 Å². The highest BCUT2D eigenvalue weighted by atomic mass is 35.5. The standard InChI is InChI=1S/C12H8ClN3OS/c13-11-9(16-5-6-18-12(16)15-11)7-14-8-3-1-2-4-10(8)17/h1-7,17H. The van der Waals surface area contributed by atoms with Crippen molar-refractivity contribution in [3.63, 3.8) is 0 Å². The van der Waals surface area contributed by atoms with Crippen LogP contribution in [0.5, 0.6) is 5.75 Å². The van der Waals surface area contributed by atoms with Crippen LogP contribution in [0.3, 0.4) is 0 Å². The quantitative estimate of drug-likeness (QED) is 0.729. The monoisotopic (exact) mass is 277 g/mol. The first-order chi connectivity index (χ1) is 8.75. The Morgan fingerprint density at radius 1 is 1.39 bits per heavy atom. The van der Waals surface area contributed by atoms with Gasteiger partial charge in [0.15, 0.2) is 10.1 Å². The number of hydrogen-bond acceptors (Lipinski definition) is 4. The van der Waals surface area contributed by atoms with Gasteiger partial charge in [-0.25, -0.2) is 4.98 Å². The minimum atomic E-state index is 0.135. The van der Waals surface area contributed by atoms with Crippen molar-refractivity contribution in [2.45, 2.75) is 0 Å². The third-order valence-corrected chi connectivity index (χ3v) is 3.50. The van der Waals surface area contributed by atoms with E-state index in [2.05, 4.69) is 9.98 Å². The molecule has 1 aromatic carbocycles. The number of thiazole rings is 1. The van der Waals surface area contributed by atoms with Gasteiger partial charge in [0.25, 0.3) is 0 Å². The Morgan fingerprint density at radius 2 is 2.22 bits per heavy atom. The summed E-state index contributed by atoms with van der Waals surface area (Å²) in [7, 11) is 0. The average Bonchev–Trinajstić information content (AvgIpc) is 2.90. The number of aliphatic imine (C=N–C) groups is 1. The predicted molar refractivity (Wildman–Crippen MR) is 73.4 cm³/mol. The number of nitrogens with zero attached hydrogens (tertiary/aromatic N) is 3. The highest BCUT2D eigenvalue weighted by Gasteiger charge is 2.08. The van der Waals surface area contributed by atoms with Gasteiger partial charge in [-0.1, -0.05) is 23.7 Å². The zero-order chi connectivity index (χ0) is 12.5. The van der Waals surface area contributed by atoms with E-state index in [1.165, 1.54) is 11.3 Å². The molecule has 0 saturated heterocycles. The van der Waals surface area contributed by atoms with Crippen LogP contribution in [0.15, 0.2) is 40.8 Å². The highest BCUT2D eigenvalue weighted by Crippen LogP contribution is 2.26. The molecule has 0 bridgehead atoms. The molecule has 1 N–H and O–H groups in total. The Bertz CT molecular complexity index is 732. The lowest BCUT2D eigenvalue weighted by atomic mass is 10.3. The normalized spacial score (nSPS) is 11.6. The van der Waals surface area contributed by atoms with Crippen LogP contribution in [-0.2, 0) is 0 Å². The van der Waals surface area contributed by atoms with Crippen LogP contribution in [0, 0.1) is 0 Å². The third-order valence-electron chi connectivity index (χ3n) is 2.46. The number of para-hydroxylation sites is 2. The molecule has 0 aliphatic carbocycles. The fourth-order valence-electron chi connectivity index (χ4n) is 1.60. The minimum absolute atomic E-state index is 0.135. The van der Waals surface area contributed by atoms with E-state index in [0.717, 1.165) is 4.96 Å². The molecule has 2 aromatic heterocycles. The lowest BCUT2D eigenvalue weighted by molar-refractivity contribution is 0.477. The smallest absolute Gasteiger partial charge is 0.195 e. The van der Waals surface area contributed by atoms with E-state index in [9.17, 15) is 5.11 Å². The van der Waals surface area contributed by atoms with E-state index in [-0.39, 0.29) is 5.75 Å². The number of benzene rings is 1. The Balaban J connectivity index is 2.04. The molecule has 90 valence electrons. The number of aromatic nitrogens is 2. The number of phenolic OH excluding ortho intramolecular Hbond substituents is 1. The molecule has 3 rings (SSSR count). The summed E-state index contributed by atoms with van der Waals surface area (Å²) in [6, 6.07) is 6.87. The molecule has 3 aromatic rings. The molecule has 6 heteroatoms. The second kappa shape index (κ2) is 4.44. The summed E-state index contributed by atoms with van der Waals surface area (Å²) in [5.74, 6) is 0.135. The molecule has 0 aliphatic heterocycles. The first kappa shape index (κ1) is 11.3. The topological polar surface area (TPSA) is 49.9 Å². The first-order valence-corrected chi connectivity index (χ1v) is 6.44. The molecule has 0 radical (unpaired) electrons. The van der Waals surface area contributed by atoms with Gasteiger partial charge in [-0.3, -0.25) is 9.39 Å². The van der Waals surface area contributed by atoms with Gasteiger partial charge in [0.1, 0.15) is 17.1 Å². The Morgan fingerprint density at radius 3 is 3.06 bits per heavy atom. The number of aromatic hydroxyl groups is 1. The molecule has 18 heavy (non-hydrogen) atoms. The molecule has 0 fully saturated rings. The van der Waals surface area contributed by atoms with Gasteiger partial charge in [0, 0.05) is 11.6 Å². The first-order valence-electron chi connectivity index (χ1n) is 5.19. The fourth-order valence-corrected chi connectivity index (χ4v) is 2.59. The maximum atomic E-state index is 9.61. The van der Waals surface area contributed by atoms with Crippen molar-refractivity contribution in [2.75, 3.05) is 0 Å². The lowest BCUT2D eigenvalue weighted by Crippen LogP contribution is -1.87. The molecule has 0 amide bonds. The summed E-state index contributed by atoms with van der Waals surface area (Å²) in [4.78, 5) is 9.24. The minimum Gasteiger partial charge on any atom is -0.506 e. The third kappa shape index (κ3) is 1.87. The van der Waals surface area contributed by atoms with Gasteiger partial charge < -0.3 is 5.11 Å². The van der Waals surface area contributed by atoms with E-state index in [1.54, 1.807) is 24.4 Å². The van der Waals surface area contributed by atoms with Crippen molar-refractivity contribution < 1.29 is 5.11 Å². The molecular formula is C12H8ClN3OS. The SMILES string of the molecule is Oc1ccccc1N=Cc1c(Cl)nc2sccn12. The zero-order valence-electron chi connectivity index (χ0n) is 9.12. The maximum absolute atomic E-state index is 9.61. The van der Waals surface area contributed by atoms with Crippen molar-refractivity contribution in [1.29, 1.82) is 0 Å². The number of rotatable bonds is 2. The van der Waals surface area contributed by atoms with Crippen LogP contribution in [0.1, 0.15) is 5.69 Å². The predicted octanol–water partition coefficient (Wildman–Crippen LogP) is 3.51. The maximum Gasteiger partial charge on any atom is 0.195 e. The van der Waals surface area contributed by atoms with E-state index in [1.807, 2.05) is 22.0 Å². The molecule has 2 heterocycles. The number of hydrogen-bond donors (Lipinski definition) is 1. The van der Waals surface area contributed by atoms with Crippen molar-refractivity contribution in [1.82, 2.24) is 9.38 Å². The van der Waals surface area contributed by atoms with E-state index >= 15 is 0 Å². The van der Waals surface area contributed by atoms with Crippen LogP contribution in [0.2, 0.25) is 5.15 Å². The summed E-state index contributed by atoms with van der Waals surface area (Å²) >= 11 is 7.54. The summed E-state index contributed by atoms with van der Waals surface area (Å²) in [5, 5.41) is 11.9. The van der Waals surface area contributed by atoms with E-state index < -0.39 is 0 Å². The van der Waals surface area contributed by atoms with Gasteiger partial charge in [0.05, 0.1) is 6.21 Å². The molecule has 0 aliphatic rings. The van der Waals surface area contributed by atoms with Crippen LogP contribution < -0.4 is 0 Å². The van der Waals surface area contributed by atoms with Crippen molar-refractivity contribution in [3.8, 4) is 5.75 Å². The molecule has 4 nitrogen and oxygen atoms in total. The van der Waals surface area contributed by atoms with Gasteiger partial charge >= 0.3 is 0 Å².